The Hall–Kier alpha value is -3.16. The number of anilines is 2. The Kier molecular flexibility index (Phi) is 3.57. The van der Waals surface area contributed by atoms with Crippen molar-refractivity contribution in [3.05, 3.63) is 59.2 Å². The first kappa shape index (κ1) is 16.3. The minimum atomic E-state index is -1.08. The number of carbonyl (C=O) groups is 2. The zero-order valence-corrected chi connectivity index (χ0v) is 14.0. The third kappa shape index (κ3) is 2.37. The number of hydrogen-bond donors (Lipinski definition) is 0. The number of rotatable bonds is 2. The van der Waals surface area contributed by atoms with Crippen molar-refractivity contribution in [2.24, 2.45) is 10.3 Å². The van der Waals surface area contributed by atoms with Crippen molar-refractivity contribution in [2.45, 2.75) is 25.9 Å². The normalized spacial score (nSPS) is 21.7. The van der Waals surface area contributed by atoms with Crippen molar-refractivity contribution in [1.29, 1.82) is 0 Å². The highest BCUT2D eigenvalue weighted by atomic mass is 19.1. The molecule has 0 radical (unpaired) electrons. The van der Waals surface area contributed by atoms with Crippen LogP contribution in [-0.2, 0) is 9.59 Å². The Morgan fingerprint density at radius 2 is 1.65 bits per heavy atom. The summed E-state index contributed by atoms with van der Waals surface area (Å²) in [5.41, 5.74) is 2.15. The number of imide groups is 1. The van der Waals surface area contributed by atoms with E-state index in [1.54, 1.807) is 12.1 Å². The fourth-order valence-corrected chi connectivity index (χ4v) is 3.36. The number of amides is 2. The molecule has 6 nitrogen and oxygen atoms in total. The lowest BCUT2D eigenvalue weighted by Crippen LogP contribution is -2.40. The maximum Gasteiger partial charge on any atom is 0.263 e. The van der Waals surface area contributed by atoms with Crippen molar-refractivity contribution in [3.63, 3.8) is 0 Å². The number of benzene rings is 2. The molecule has 2 aliphatic rings. The standard InChI is InChI=1S/C18H14F2N4O2/c1-9-5-10(2)7-12(6-9)23-17(25)15-16(18(23)26)24(22-21-15)14-4-3-11(19)8-13(14)20/h3-8,15-16H,1-2H3. The molecule has 8 heteroatoms. The molecule has 2 aliphatic heterocycles. The molecule has 2 amide bonds. The van der Waals surface area contributed by atoms with Gasteiger partial charge in [0.15, 0.2) is 17.9 Å². The van der Waals surface area contributed by atoms with E-state index in [4.69, 9.17) is 0 Å². The summed E-state index contributed by atoms with van der Waals surface area (Å²) in [4.78, 5) is 26.7. The number of fused-ring (bicyclic) bond motifs is 1. The molecule has 132 valence electrons. The second-order valence-corrected chi connectivity index (χ2v) is 6.39. The summed E-state index contributed by atoms with van der Waals surface area (Å²) in [6.45, 7) is 3.73. The summed E-state index contributed by atoms with van der Waals surface area (Å²) < 4.78 is 27.3. The number of carbonyl (C=O) groups excluding carboxylic acids is 2. The van der Waals surface area contributed by atoms with Crippen LogP contribution in [0.1, 0.15) is 11.1 Å². The smallest absolute Gasteiger partial charge is 0.263 e. The monoisotopic (exact) mass is 356 g/mol. The van der Waals surface area contributed by atoms with Gasteiger partial charge in [0.05, 0.1) is 11.4 Å². The van der Waals surface area contributed by atoms with Crippen LogP contribution in [0.4, 0.5) is 20.2 Å². The van der Waals surface area contributed by atoms with Crippen molar-refractivity contribution < 1.29 is 18.4 Å². The van der Waals surface area contributed by atoms with Gasteiger partial charge in [-0.1, -0.05) is 11.3 Å². The highest BCUT2D eigenvalue weighted by Gasteiger charge is 2.55. The number of nitrogens with zero attached hydrogens (tertiary/aromatic N) is 4. The zero-order valence-electron chi connectivity index (χ0n) is 14.0. The van der Waals surface area contributed by atoms with E-state index in [1.807, 2.05) is 19.9 Å². The minimum Gasteiger partial charge on any atom is -0.271 e. The van der Waals surface area contributed by atoms with Gasteiger partial charge in [0.2, 0.25) is 0 Å². The molecule has 2 aromatic carbocycles. The van der Waals surface area contributed by atoms with E-state index >= 15 is 0 Å². The van der Waals surface area contributed by atoms with E-state index in [1.165, 1.54) is 6.07 Å². The van der Waals surface area contributed by atoms with Crippen molar-refractivity contribution in [2.75, 3.05) is 9.91 Å². The van der Waals surface area contributed by atoms with Gasteiger partial charge < -0.3 is 0 Å². The molecule has 2 unspecified atom stereocenters. The van der Waals surface area contributed by atoms with Gasteiger partial charge in [0, 0.05) is 6.07 Å². The first-order valence-electron chi connectivity index (χ1n) is 7.98. The van der Waals surface area contributed by atoms with Crippen LogP contribution in [0.5, 0.6) is 0 Å². The SMILES string of the molecule is Cc1cc(C)cc(N2C(=O)C3N=NN(c4ccc(F)cc4F)C3C2=O)c1. The topological polar surface area (TPSA) is 65.3 Å². The summed E-state index contributed by atoms with van der Waals surface area (Å²) >= 11 is 0. The van der Waals surface area contributed by atoms with Crippen LogP contribution in [-0.4, -0.2) is 23.9 Å². The van der Waals surface area contributed by atoms with Crippen LogP contribution in [0.3, 0.4) is 0 Å². The average Bonchev–Trinajstić information content (AvgIpc) is 3.07. The number of aryl methyl sites for hydroxylation is 2. The fraction of sp³-hybridized carbons (Fsp3) is 0.222. The van der Waals surface area contributed by atoms with Gasteiger partial charge in [-0.3, -0.25) is 9.59 Å². The van der Waals surface area contributed by atoms with Gasteiger partial charge >= 0.3 is 0 Å². The molecule has 2 heterocycles. The van der Waals surface area contributed by atoms with E-state index in [-0.39, 0.29) is 5.69 Å². The predicted octanol–water partition coefficient (Wildman–Crippen LogP) is 3.08. The second-order valence-electron chi connectivity index (χ2n) is 6.39. The molecular weight excluding hydrogens is 342 g/mol. The van der Waals surface area contributed by atoms with Crippen molar-refractivity contribution in [1.82, 2.24) is 0 Å². The third-order valence-corrected chi connectivity index (χ3v) is 4.40. The highest BCUT2D eigenvalue weighted by Crippen LogP contribution is 2.36. The Balaban J connectivity index is 1.74. The zero-order chi connectivity index (χ0) is 18.6. The van der Waals surface area contributed by atoms with Gasteiger partial charge in [-0.25, -0.2) is 18.7 Å². The maximum atomic E-state index is 14.1. The van der Waals surface area contributed by atoms with Crippen LogP contribution < -0.4 is 9.91 Å². The Labute approximate surface area is 147 Å². The average molecular weight is 356 g/mol. The molecule has 0 N–H and O–H groups in total. The summed E-state index contributed by atoms with van der Waals surface area (Å²) in [7, 11) is 0. The van der Waals surface area contributed by atoms with Crippen LogP contribution >= 0.6 is 0 Å². The first-order valence-corrected chi connectivity index (χ1v) is 7.98. The van der Waals surface area contributed by atoms with E-state index in [0.29, 0.717) is 11.8 Å². The van der Waals surface area contributed by atoms with Gasteiger partial charge in [-0.2, -0.15) is 5.11 Å². The summed E-state index contributed by atoms with van der Waals surface area (Å²) in [6.07, 6.45) is 0. The van der Waals surface area contributed by atoms with Crippen LogP contribution in [0.15, 0.2) is 46.7 Å². The summed E-state index contributed by atoms with van der Waals surface area (Å²) in [5.74, 6) is -2.68. The molecular formula is C18H14F2N4O2. The van der Waals surface area contributed by atoms with Crippen LogP contribution in [0.25, 0.3) is 0 Å². The molecule has 2 aromatic rings. The van der Waals surface area contributed by atoms with E-state index in [9.17, 15) is 18.4 Å². The van der Waals surface area contributed by atoms with E-state index < -0.39 is 35.5 Å². The minimum absolute atomic E-state index is 0.105. The molecule has 2 atom stereocenters. The molecule has 0 aromatic heterocycles. The van der Waals surface area contributed by atoms with Crippen molar-refractivity contribution >= 4 is 23.2 Å². The fourth-order valence-electron chi connectivity index (χ4n) is 3.36. The van der Waals surface area contributed by atoms with Crippen LogP contribution in [0.2, 0.25) is 0 Å². The Morgan fingerprint density at radius 3 is 2.31 bits per heavy atom. The Morgan fingerprint density at radius 1 is 0.962 bits per heavy atom. The third-order valence-electron chi connectivity index (χ3n) is 4.40. The van der Waals surface area contributed by atoms with Gasteiger partial charge in [0.1, 0.15) is 5.82 Å². The molecule has 1 fully saturated rings. The quantitative estimate of drug-likeness (QED) is 0.777. The molecule has 1 saturated heterocycles. The lowest BCUT2D eigenvalue weighted by molar-refractivity contribution is -0.121. The number of halogens is 2. The lowest BCUT2D eigenvalue weighted by atomic mass is 10.1. The molecule has 26 heavy (non-hydrogen) atoms. The molecule has 0 spiro atoms. The van der Waals surface area contributed by atoms with Crippen molar-refractivity contribution in [3.8, 4) is 0 Å². The molecule has 0 saturated carbocycles. The summed E-state index contributed by atoms with van der Waals surface area (Å²) in [6, 6.07) is 6.17. The largest absolute Gasteiger partial charge is 0.271 e. The summed E-state index contributed by atoms with van der Waals surface area (Å²) in [5, 5.41) is 8.67. The van der Waals surface area contributed by atoms with Gasteiger partial charge in [-0.05, 0) is 49.2 Å². The van der Waals surface area contributed by atoms with Gasteiger partial charge in [-0.15, -0.1) is 0 Å². The number of hydrogen-bond acceptors (Lipinski definition) is 5. The van der Waals surface area contributed by atoms with Gasteiger partial charge in [0.25, 0.3) is 11.8 Å². The molecule has 0 bridgehead atoms. The Bertz CT molecular complexity index is 955. The predicted molar refractivity (Wildman–Crippen MR) is 89.7 cm³/mol. The van der Waals surface area contributed by atoms with Crippen LogP contribution in [0, 0.1) is 25.5 Å². The highest BCUT2D eigenvalue weighted by molar-refractivity contribution is 6.26. The molecule has 0 aliphatic carbocycles. The first-order chi connectivity index (χ1) is 12.4. The lowest BCUT2D eigenvalue weighted by Gasteiger charge is -2.21. The van der Waals surface area contributed by atoms with E-state index in [2.05, 4.69) is 10.3 Å². The van der Waals surface area contributed by atoms with E-state index in [0.717, 1.165) is 27.1 Å². The molecule has 4 rings (SSSR count). The second kappa shape index (κ2) is 5.69. The maximum absolute atomic E-state index is 14.1.